The van der Waals surface area contributed by atoms with Crippen molar-refractivity contribution in [3.8, 4) is 5.75 Å². The van der Waals surface area contributed by atoms with E-state index in [9.17, 15) is 13.2 Å². The van der Waals surface area contributed by atoms with Crippen molar-refractivity contribution in [2.75, 3.05) is 19.0 Å². The summed E-state index contributed by atoms with van der Waals surface area (Å²) in [7, 11) is -2.04. The number of nitrogens with one attached hydrogen (secondary N) is 1. The van der Waals surface area contributed by atoms with Crippen LogP contribution in [-0.4, -0.2) is 32.3 Å². The average Bonchev–Trinajstić information content (AvgIpc) is 2.71. The van der Waals surface area contributed by atoms with Crippen LogP contribution < -0.4 is 10.1 Å². The van der Waals surface area contributed by atoms with E-state index in [4.69, 9.17) is 4.74 Å². The maximum absolute atomic E-state index is 13.0. The number of unbranched alkanes of at least 4 members (excludes halogenated alkanes) is 1. The van der Waals surface area contributed by atoms with Crippen molar-refractivity contribution in [1.29, 1.82) is 0 Å². The second-order valence-corrected chi connectivity index (χ2v) is 8.84. The maximum Gasteiger partial charge on any atom is 0.243 e. The van der Waals surface area contributed by atoms with E-state index < -0.39 is 10.0 Å². The van der Waals surface area contributed by atoms with Crippen LogP contribution in [0.1, 0.15) is 37.3 Å². The minimum Gasteiger partial charge on any atom is -0.497 e. The van der Waals surface area contributed by atoms with Crippen LogP contribution in [0.5, 0.6) is 5.75 Å². The third-order valence-corrected chi connectivity index (χ3v) is 6.78. The first-order chi connectivity index (χ1) is 13.4. The molecule has 2 aromatic carbocycles. The van der Waals surface area contributed by atoms with Gasteiger partial charge in [-0.15, -0.1) is 0 Å². The first kappa shape index (κ1) is 20.4. The van der Waals surface area contributed by atoms with Crippen LogP contribution >= 0.6 is 0 Å². The number of benzene rings is 2. The van der Waals surface area contributed by atoms with Gasteiger partial charge in [-0.2, -0.15) is 4.31 Å². The molecule has 0 spiro atoms. The van der Waals surface area contributed by atoms with Crippen LogP contribution in [0.2, 0.25) is 0 Å². The number of anilines is 1. The minimum absolute atomic E-state index is 0.0136. The fourth-order valence-electron chi connectivity index (χ4n) is 3.27. The summed E-state index contributed by atoms with van der Waals surface area (Å²) >= 11 is 0. The van der Waals surface area contributed by atoms with Gasteiger partial charge < -0.3 is 10.1 Å². The number of ether oxygens (including phenoxy) is 1. The smallest absolute Gasteiger partial charge is 0.243 e. The summed E-state index contributed by atoms with van der Waals surface area (Å²) in [5.41, 5.74) is 2.76. The molecule has 0 saturated heterocycles. The summed E-state index contributed by atoms with van der Waals surface area (Å²) in [6.45, 7) is 2.77. The van der Waals surface area contributed by atoms with Crippen molar-refractivity contribution in [2.24, 2.45) is 0 Å². The van der Waals surface area contributed by atoms with Gasteiger partial charge >= 0.3 is 0 Å². The zero-order valence-electron chi connectivity index (χ0n) is 16.3. The Bertz CT molecular complexity index is 939. The van der Waals surface area contributed by atoms with Gasteiger partial charge in [0.25, 0.3) is 0 Å². The molecule has 1 amide bonds. The Morgan fingerprint density at radius 1 is 1.14 bits per heavy atom. The number of fused-ring (bicyclic) bond motifs is 1. The van der Waals surface area contributed by atoms with Crippen molar-refractivity contribution < 1.29 is 17.9 Å². The van der Waals surface area contributed by atoms with Gasteiger partial charge in [0.15, 0.2) is 0 Å². The molecule has 0 unspecified atom stereocenters. The van der Waals surface area contributed by atoms with Crippen LogP contribution in [0.15, 0.2) is 47.4 Å². The average molecular weight is 403 g/mol. The third kappa shape index (κ3) is 4.54. The molecule has 7 heteroatoms. The molecule has 0 atom stereocenters. The number of rotatable bonds is 7. The van der Waals surface area contributed by atoms with E-state index in [-0.39, 0.29) is 10.8 Å². The molecule has 1 aliphatic rings. The number of hydrogen-bond acceptors (Lipinski definition) is 4. The predicted molar refractivity (Wildman–Crippen MR) is 109 cm³/mol. The van der Waals surface area contributed by atoms with Gasteiger partial charge in [-0.1, -0.05) is 19.4 Å². The number of carbonyl (C=O) groups excluding carboxylic acids is 1. The summed E-state index contributed by atoms with van der Waals surface area (Å²) in [6, 6.07) is 12.2. The Kier molecular flexibility index (Phi) is 6.36. The highest BCUT2D eigenvalue weighted by molar-refractivity contribution is 7.89. The highest BCUT2D eigenvalue weighted by atomic mass is 32.2. The molecule has 0 saturated carbocycles. The number of methoxy groups -OCH3 is 1. The number of amides is 1. The van der Waals surface area contributed by atoms with Gasteiger partial charge in [-0.05, 0) is 60.4 Å². The minimum atomic E-state index is -3.59. The Balaban J connectivity index is 1.76. The second-order valence-electron chi connectivity index (χ2n) is 6.90. The van der Waals surface area contributed by atoms with Gasteiger partial charge in [-0.3, -0.25) is 4.79 Å². The predicted octanol–water partition coefficient (Wildman–Crippen LogP) is 3.57. The molecule has 0 aromatic heterocycles. The van der Waals surface area contributed by atoms with Crippen LogP contribution in [0.25, 0.3) is 0 Å². The van der Waals surface area contributed by atoms with Crippen molar-refractivity contribution >= 4 is 21.6 Å². The second kappa shape index (κ2) is 8.75. The molecule has 6 nitrogen and oxygen atoms in total. The lowest BCUT2D eigenvalue weighted by Crippen LogP contribution is -2.36. The zero-order valence-corrected chi connectivity index (χ0v) is 17.1. The topological polar surface area (TPSA) is 75.7 Å². The molecule has 3 rings (SSSR count). The van der Waals surface area contributed by atoms with Gasteiger partial charge in [-0.25, -0.2) is 8.42 Å². The summed E-state index contributed by atoms with van der Waals surface area (Å²) in [5, 5.41) is 2.90. The van der Waals surface area contributed by atoms with Gasteiger partial charge in [0.1, 0.15) is 5.75 Å². The van der Waals surface area contributed by atoms with Gasteiger partial charge in [0, 0.05) is 25.2 Å². The quantitative estimate of drug-likeness (QED) is 0.768. The van der Waals surface area contributed by atoms with Crippen molar-refractivity contribution in [3.05, 3.63) is 53.6 Å². The lowest BCUT2D eigenvalue weighted by atomic mass is 10.0. The fourth-order valence-corrected chi connectivity index (χ4v) is 4.69. The molecule has 1 aliphatic heterocycles. The number of nitrogens with zero attached hydrogens (tertiary/aromatic N) is 1. The molecular weight excluding hydrogens is 376 g/mol. The molecule has 0 fully saturated rings. The molecular formula is C21H26N2O4S. The first-order valence-corrected chi connectivity index (χ1v) is 10.9. The lowest BCUT2D eigenvalue weighted by molar-refractivity contribution is -0.116. The summed E-state index contributed by atoms with van der Waals surface area (Å²) in [4.78, 5) is 12.2. The lowest BCUT2D eigenvalue weighted by Gasteiger charge is -2.28. The van der Waals surface area contributed by atoms with E-state index in [2.05, 4.69) is 5.32 Å². The van der Waals surface area contributed by atoms with Gasteiger partial charge in [0.05, 0.1) is 12.0 Å². The SMILES string of the molecule is CCCCC(=O)Nc1ccc2c(c1)CN(S(=O)(=O)c1ccc(OC)cc1)CC2. The van der Waals surface area contributed by atoms with E-state index in [0.29, 0.717) is 37.4 Å². The van der Waals surface area contributed by atoms with Crippen LogP contribution in [0, 0.1) is 0 Å². The third-order valence-electron chi connectivity index (χ3n) is 4.92. The van der Waals surface area contributed by atoms with E-state index >= 15 is 0 Å². The largest absolute Gasteiger partial charge is 0.497 e. The molecule has 0 bridgehead atoms. The monoisotopic (exact) mass is 402 g/mol. The molecule has 1 heterocycles. The summed E-state index contributed by atoms with van der Waals surface area (Å²) in [5.74, 6) is 0.603. The normalized spacial score (nSPS) is 14.4. The highest BCUT2D eigenvalue weighted by Crippen LogP contribution is 2.28. The van der Waals surface area contributed by atoms with Crippen molar-refractivity contribution in [3.63, 3.8) is 0 Å². The molecule has 1 N–H and O–H groups in total. The molecule has 2 aromatic rings. The Labute approximate surface area is 166 Å². The number of hydrogen-bond donors (Lipinski definition) is 1. The van der Waals surface area contributed by atoms with Crippen molar-refractivity contribution in [2.45, 2.75) is 44.0 Å². The molecule has 150 valence electrons. The van der Waals surface area contributed by atoms with Crippen LogP contribution in [-0.2, 0) is 27.8 Å². The Morgan fingerprint density at radius 3 is 2.57 bits per heavy atom. The Morgan fingerprint density at radius 2 is 1.89 bits per heavy atom. The maximum atomic E-state index is 13.0. The first-order valence-electron chi connectivity index (χ1n) is 9.50. The molecule has 28 heavy (non-hydrogen) atoms. The summed E-state index contributed by atoms with van der Waals surface area (Å²) in [6.07, 6.45) is 2.96. The standard InChI is InChI=1S/C21H26N2O4S/c1-3-4-5-21(24)22-18-7-6-16-12-13-23(15-17(16)14-18)28(25,26)20-10-8-19(27-2)9-11-20/h6-11,14H,3-5,12-13,15H2,1-2H3,(H,22,24). The van der Waals surface area contributed by atoms with E-state index in [0.717, 1.165) is 24.0 Å². The van der Waals surface area contributed by atoms with Crippen LogP contribution in [0.3, 0.4) is 0 Å². The van der Waals surface area contributed by atoms with Crippen LogP contribution in [0.4, 0.5) is 5.69 Å². The number of sulfonamides is 1. The Hall–Kier alpha value is -2.38. The van der Waals surface area contributed by atoms with E-state index in [1.54, 1.807) is 31.4 Å². The summed E-state index contributed by atoms with van der Waals surface area (Å²) < 4.78 is 32.6. The van der Waals surface area contributed by atoms with E-state index in [1.807, 2.05) is 25.1 Å². The molecule has 0 aliphatic carbocycles. The molecule has 0 radical (unpaired) electrons. The highest BCUT2D eigenvalue weighted by Gasteiger charge is 2.28. The van der Waals surface area contributed by atoms with Crippen molar-refractivity contribution in [1.82, 2.24) is 4.31 Å². The van der Waals surface area contributed by atoms with Gasteiger partial charge in [0.2, 0.25) is 15.9 Å². The van der Waals surface area contributed by atoms with E-state index in [1.165, 1.54) is 4.31 Å². The number of carbonyl (C=O) groups is 1. The fraction of sp³-hybridized carbons (Fsp3) is 0.381. The zero-order chi connectivity index (χ0) is 20.1.